The fourth-order valence-electron chi connectivity index (χ4n) is 3.63. The SMILES string of the molecule is COc1ccccc1N1CC[N+](c2c(C(C)C)cccc2C(C)C)=C1Cl.[Cl-]. The predicted octanol–water partition coefficient (Wildman–Crippen LogP) is 2.71. The van der Waals surface area contributed by atoms with Gasteiger partial charge in [-0.15, -0.1) is 0 Å². The van der Waals surface area contributed by atoms with Crippen molar-refractivity contribution < 1.29 is 21.7 Å². The summed E-state index contributed by atoms with van der Waals surface area (Å²) in [6.07, 6.45) is 0. The molecular weight excluding hydrogens is 379 g/mol. The number of para-hydroxylation sites is 3. The fraction of sp³-hybridized carbons (Fsp3) is 0.409. The molecule has 0 saturated heterocycles. The number of nitrogens with zero attached hydrogens (tertiary/aromatic N) is 2. The molecule has 146 valence electrons. The zero-order valence-electron chi connectivity index (χ0n) is 16.7. The smallest absolute Gasteiger partial charge is 0.355 e. The van der Waals surface area contributed by atoms with E-state index >= 15 is 0 Å². The van der Waals surface area contributed by atoms with Crippen LogP contribution in [0.15, 0.2) is 42.5 Å². The van der Waals surface area contributed by atoms with Gasteiger partial charge in [0.1, 0.15) is 18.8 Å². The number of amidine groups is 1. The zero-order valence-corrected chi connectivity index (χ0v) is 18.2. The minimum Gasteiger partial charge on any atom is -1.00 e. The highest BCUT2D eigenvalue weighted by atomic mass is 35.5. The summed E-state index contributed by atoms with van der Waals surface area (Å²) in [5.41, 5.74) is 4.96. The molecule has 1 heterocycles. The van der Waals surface area contributed by atoms with Crippen molar-refractivity contribution in [1.29, 1.82) is 0 Å². The predicted molar refractivity (Wildman–Crippen MR) is 111 cm³/mol. The molecule has 1 aliphatic heterocycles. The number of halogens is 2. The van der Waals surface area contributed by atoms with Gasteiger partial charge in [-0.3, -0.25) is 0 Å². The molecule has 5 heteroatoms. The van der Waals surface area contributed by atoms with Crippen molar-refractivity contribution in [3.63, 3.8) is 0 Å². The molecule has 0 bridgehead atoms. The van der Waals surface area contributed by atoms with E-state index in [1.165, 1.54) is 16.8 Å². The molecule has 27 heavy (non-hydrogen) atoms. The van der Waals surface area contributed by atoms with Crippen LogP contribution in [-0.2, 0) is 0 Å². The van der Waals surface area contributed by atoms with E-state index < -0.39 is 0 Å². The minimum absolute atomic E-state index is 0. The quantitative estimate of drug-likeness (QED) is 0.560. The van der Waals surface area contributed by atoms with Gasteiger partial charge < -0.3 is 17.1 Å². The largest absolute Gasteiger partial charge is 1.00 e. The highest BCUT2D eigenvalue weighted by Gasteiger charge is 2.36. The molecule has 3 nitrogen and oxygen atoms in total. The third-order valence-electron chi connectivity index (χ3n) is 4.98. The number of benzene rings is 2. The Bertz CT molecular complexity index is 805. The molecule has 0 fully saturated rings. The normalized spacial score (nSPS) is 14.1. The number of hydrogen-bond donors (Lipinski definition) is 0. The molecule has 0 spiro atoms. The highest BCUT2D eigenvalue weighted by molar-refractivity contribution is 6.66. The van der Waals surface area contributed by atoms with Crippen molar-refractivity contribution in [3.05, 3.63) is 53.6 Å². The summed E-state index contributed by atoms with van der Waals surface area (Å²) in [4.78, 5) is 2.14. The lowest BCUT2D eigenvalue weighted by atomic mass is 9.92. The van der Waals surface area contributed by atoms with Crippen LogP contribution in [0.4, 0.5) is 11.4 Å². The van der Waals surface area contributed by atoms with Gasteiger partial charge in [0, 0.05) is 22.7 Å². The Hall–Kier alpha value is -1.71. The van der Waals surface area contributed by atoms with Crippen molar-refractivity contribution in [2.24, 2.45) is 0 Å². The Balaban J connectivity index is 0.00000261. The Morgan fingerprint density at radius 1 is 0.963 bits per heavy atom. The first-order chi connectivity index (χ1) is 12.5. The van der Waals surface area contributed by atoms with E-state index in [1.807, 2.05) is 18.2 Å². The maximum atomic E-state index is 6.91. The van der Waals surface area contributed by atoms with Gasteiger partial charge in [0.25, 0.3) is 0 Å². The number of ether oxygens (including phenoxy) is 1. The van der Waals surface area contributed by atoms with Crippen LogP contribution in [-0.4, -0.2) is 30.1 Å². The summed E-state index contributed by atoms with van der Waals surface area (Å²) in [5.74, 6) is 1.72. The van der Waals surface area contributed by atoms with Crippen molar-refractivity contribution in [2.45, 2.75) is 39.5 Å². The maximum Gasteiger partial charge on any atom is 0.355 e. The lowest BCUT2D eigenvalue weighted by Gasteiger charge is -2.18. The zero-order chi connectivity index (χ0) is 18.8. The molecule has 0 saturated carbocycles. The summed E-state index contributed by atoms with van der Waals surface area (Å²) >= 11 is 6.91. The van der Waals surface area contributed by atoms with Crippen LogP contribution < -0.4 is 22.0 Å². The molecule has 0 atom stereocenters. The highest BCUT2D eigenvalue weighted by Crippen LogP contribution is 2.38. The van der Waals surface area contributed by atoms with Crippen molar-refractivity contribution in [2.75, 3.05) is 25.1 Å². The molecule has 0 radical (unpaired) electrons. The topological polar surface area (TPSA) is 15.5 Å². The molecule has 0 amide bonds. The number of hydrogen-bond acceptors (Lipinski definition) is 2. The summed E-state index contributed by atoms with van der Waals surface area (Å²) in [6.45, 7) is 10.7. The first kappa shape index (κ1) is 21.6. The molecule has 0 N–H and O–H groups in total. The molecule has 2 aromatic carbocycles. The van der Waals surface area contributed by atoms with Gasteiger partial charge in [-0.05, 0) is 24.0 Å². The van der Waals surface area contributed by atoms with E-state index in [0.29, 0.717) is 11.8 Å². The van der Waals surface area contributed by atoms with Crippen molar-refractivity contribution >= 4 is 28.3 Å². The van der Waals surface area contributed by atoms with E-state index in [-0.39, 0.29) is 12.4 Å². The lowest BCUT2D eigenvalue weighted by molar-refractivity contribution is -0.427. The van der Waals surface area contributed by atoms with Gasteiger partial charge >= 0.3 is 5.29 Å². The van der Waals surface area contributed by atoms with E-state index in [1.54, 1.807) is 7.11 Å². The van der Waals surface area contributed by atoms with Gasteiger partial charge in [0.2, 0.25) is 0 Å². The number of methoxy groups -OCH3 is 1. The van der Waals surface area contributed by atoms with Crippen LogP contribution in [0.2, 0.25) is 0 Å². The maximum absolute atomic E-state index is 6.91. The van der Waals surface area contributed by atoms with Gasteiger partial charge in [-0.2, -0.15) is 0 Å². The average molecular weight is 407 g/mol. The van der Waals surface area contributed by atoms with Crippen LogP contribution in [0.3, 0.4) is 0 Å². The number of anilines is 1. The van der Waals surface area contributed by atoms with Gasteiger partial charge in [-0.25, -0.2) is 9.48 Å². The van der Waals surface area contributed by atoms with Crippen LogP contribution in [0, 0.1) is 0 Å². The lowest BCUT2D eigenvalue weighted by Crippen LogP contribution is -3.00. The Morgan fingerprint density at radius 2 is 1.56 bits per heavy atom. The van der Waals surface area contributed by atoms with E-state index in [4.69, 9.17) is 16.3 Å². The summed E-state index contributed by atoms with van der Waals surface area (Å²) in [7, 11) is 1.70. The molecule has 0 aromatic heterocycles. The Labute approximate surface area is 174 Å². The molecule has 0 aliphatic carbocycles. The standard InChI is InChI=1S/C22H28ClN2O.ClH/c1-15(2)17-9-8-10-18(16(3)4)21(17)25-14-13-24(22(25)23)19-11-6-7-12-20(19)26-5;/h6-12,15-16H,13-14H2,1-5H3;1H/q+1;/p-1. The van der Waals surface area contributed by atoms with E-state index in [2.05, 4.69) is 61.4 Å². The number of rotatable bonds is 5. The van der Waals surface area contributed by atoms with Crippen LogP contribution >= 0.6 is 11.6 Å². The van der Waals surface area contributed by atoms with Crippen molar-refractivity contribution in [1.82, 2.24) is 0 Å². The van der Waals surface area contributed by atoms with Gasteiger partial charge in [0.05, 0.1) is 7.11 Å². The first-order valence-corrected chi connectivity index (χ1v) is 9.66. The second kappa shape index (κ2) is 8.99. The third-order valence-corrected chi connectivity index (χ3v) is 5.39. The Kier molecular flexibility index (Phi) is 7.19. The van der Waals surface area contributed by atoms with E-state index in [9.17, 15) is 0 Å². The fourth-order valence-corrected chi connectivity index (χ4v) is 3.97. The third kappa shape index (κ3) is 4.09. The monoisotopic (exact) mass is 406 g/mol. The average Bonchev–Trinajstić information content (AvgIpc) is 3.01. The molecule has 0 unspecified atom stereocenters. The second-order valence-corrected chi connectivity index (χ2v) is 7.68. The molecule has 3 rings (SSSR count). The summed E-state index contributed by atoms with van der Waals surface area (Å²) in [6, 6.07) is 14.6. The first-order valence-electron chi connectivity index (χ1n) is 9.29. The van der Waals surface area contributed by atoms with Crippen molar-refractivity contribution in [3.8, 4) is 5.75 Å². The van der Waals surface area contributed by atoms with E-state index in [0.717, 1.165) is 29.8 Å². The minimum atomic E-state index is 0. The van der Waals surface area contributed by atoms with Crippen LogP contribution in [0.5, 0.6) is 5.75 Å². The second-order valence-electron chi connectivity index (χ2n) is 7.34. The molecule has 2 aromatic rings. The molecular formula is C22H28Cl2N2O. The van der Waals surface area contributed by atoms with Gasteiger partial charge in [-0.1, -0.05) is 58.0 Å². The summed E-state index contributed by atoms with van der Waals surface area (Å²) < 4.78 is 7.80. The van der Waals surface area contributed by atoms with Crippen LogP contribution in [0.25, 0.3) is 0 Å². The summed E-state index contributed by atoms with van der Waals surface area (Å²) in [5, 5.41) is 0.740. The van der Waals surface area contributed by atoms with Crippen LogP contribution in [0.1, 0.15) is 50.7 Å². The van der Waals surface area contributed by atoms with Gasteiger partial charge in [0.15, 0.2) is 11.4 Å². The Morgan fingerprint density at radius 3 is 2.11 bits per heavy atom. The molecule has 1 aliphatic rings.